The van der Waals surface area contributed by atoms with Gasteiger partial charge in [-0.1, -0.05) is 31.0 Å². The number of fused-ring (bicyclic) bond motifs is 1. The number of likely N-dealkylation sites (N-methyl/N-ethyl adjacent to an activating group) is 1. The standard InChI is InChI=1S/C18H24N4O2/c1-21(2)11-12-22(13-7-3-4-8-13)18(24)16-14-9-5-6-10-15(14)17(23)20-19-16/h5-6,9-10,13H,3-4,7-8,11-12H2,1-2H3,(H,20,23). The minimum atomic E-state index is -0.261. The summed E-state index contributed by atoms with van der Waals surface area (Å²) in [6.45, 7) is 1.48. The number of hydrogen-bond acceptors (Lipinski definition) is 4. The summed E-state index contributed by atoms with van der Waals surface area (Å²) in [5, 5.41) is 7.69. The Morgan fingerprint density at radius 2 is 1.83 bits per heavy atom. The van der Waals surface area contributed by atoms with E-state index in [1.165, 1.54) is 0 Å². The number of aromatic amines is 1. The molecule has 1 N–H and O–H groups in total. The molecule has 1 aliphatic carbocycles. The second kappa shape index (κ2) is 7.13. The molecule has 6 heteroatoms. The molecule has 6 nitrogen and oxygen atoms in total. The van der Waals surface area contributed by atoms with Gasteiger partial charge in [-0.15, -0.1) is 0 Å². The number of nitrogens with one attached hydrogen (secondary N) is 1. The molecule has 1 heterocycles. The third-order valence-corrected chi connectivity index (χ3v) is 4.71. The van der Waals surface area contributed by atoms with Crippen LogP contribution in [-0.4, -0.2) is 59.1 Å². The Bertz CT molecular complexity index is 778. The normalized spacial score (nSPS) is 15.3. The van der Waals surface area contributed by atoms with Gasteiger partial charge in [0.2, 0.25) is 0 Å². The highest BCUT2D eigenvalue weighted by molar-refractivity contribution is 6.04. The molecule has 1 aromatic heterocycles. The molecule has 3 rings (SSSR count). The van der Waals surface area contributed by atoms with Crippen LogP contribution in [0, 0.1) is 0 Å². The molecule has 0 radical (unpaired) electrons. The molecule has 0 spiro atoms. The van der Waals surface area contributed by atoms with Gasteiger partial charge in [-0.25, -0.2) is 5.10 Å². The molecule has 0 saturated heterocycles. The molecule has 1 amide bonds. The lowest BCUT2D eigenvalue weighted by molar-refractivity contribution is 0.0662. The van der Waals surface area contributed by atoms with Gasteiger partial charge < -0.3 is 9.80 Å². The van der Waals surface area contributed by atoms with Crippen LogP contribution in [-0.2, 0) is 0 Å². The summed E-state index contributed by atoms with van der Waals surface area (Å²) in [5.74, 6) is -0.0869. The fraction of sp³-hybridized carbons (Fsp3) is 0.500. The first-order valence-corrected chi connectivity index (χ1v) is 8.51. The number of rotatable bonds is 5. The molecular formula is C18H24N4O2. The predicted molar refractivity (Wildman–Crippen MR) is 94.2 cm³/mol. The SMILES string of the molecule is CN(C)CCN(C(=O)c1n[nH]c(=O)c2ccccc12)C1CCCC1. The van der Waals surface area contributed by atoms with E-state index in [-0.39, 0.29) is 17.5 Å². The van der Waals surface area contributed by atoms with Gasteiger partial charge in [0.05, 0.1) is 5.39 Å². The van der Waals surface area contributed by atoms with Crippen LogP contribution in [0.15, 0.2) is 29.1 Å². The zero-order valence-corrected chi connectivity index (χ0v) is 14.3. The van der Waals surface area contributed by atoms with Gasteiger partial charge in [-0.05, 0) is 33.0 Å². The molecule has 1 fully saturated rings. The average Bonchev–Trinajstić information content (AvgIpc) is 3.09. The highest BCUT2D eigenvalue weighted by Gasteiger charge is 2.29. The zero-order valence-electron chi connectivity index (χ0n) is 14.3. The van der Waals surface area contributed by atoms with Crippen molar-refractivity contribution in [3.05, 3.63) is 40.3 Å². The van der Waals surface area contributed by atoms with Crippen molar-refractivity contribution in [2.45, 2.75) is 31.7 Å². The summed E-state index contributed by atoms with van der Waals surface area (Å²) in [7, 11) is 4.01. The van der Waals surface area contributed by atoms with Crippen molar-refractivity contribution >= 4 is 16.7 Å². The summed E-state index contributed by atoms with van der Waals surface area (Å²) in [5.41, 5.74) is 0.0821. The Hall–Kier alpha value is -2.21. The molecule has 0 atom stereocenters. The summed E-state index contributed by atoms with van der Waals surface area (Å²) < 4.78 is 0. The minimum absolute atomic E-state index is 0.0869. The minimum Gasteiger partial charge on any atom is -0.333 e. The number of hydrogen-bond donors (Lipinski definition) is 1. The quantitative estimate of drug-likeness (QED) is 0.910. The molecular weight excluding hydrogens is 304 g/mol. The first-order valence-electron chi connectivity index (χ1n) is 8.51. The lowest BCUT2D eigenvalue weighted by atomic mass is 10.1. The van der Waals surface area contributed by atoms with Crippen molar-refractivity contribution in [1.82, 2.24) is 20.0 Å². The Morgan fingerprint density at radius 1 is 1.17 bits per heavy atom. The van der Waals surface area contributed by atoms with Crippen LogP contribution < -0.4 is 5.56 Å². The van der Waals surface area contributed by atoms with Crippen LogP contribution in [0.4, 0.5) is 0 Å². The molecule has 0 aliphatic heterocycles. The van der Waals surface area contributed by atoms with Crippen molar-refractivity contribution in [3.8, 4) is 0 Å². The summed E-state index contributed by atoms with van der Waals surface area (Å²) >= 11 is 0. The third-order valence-electron chi connectivity index (χ3n) is 4.71. The topological polar surface area (TPSA) is 69.3 Å². The van der Waals surface area contributed by atoms with Crippen LogP contribution in [0.1, 0.15) is 36.2 Å². The van der Waals surface area contributed by atoms with Gasteiger partial charge in [0, 0.05) is 24.5 Å². The number of amides is 1. The maximum absolute atomic E-state index is 13.2. The van der Waals surface area contributed by atoms with E-state index in [0.29, 0.717) is 23.0 Å². The van der Waals surface area contributed by atoms with E-state index in [2.05, 4.69) is 15.1 Å². The van der Waals surface area contributed by atoms with Gasteiger partial charge in [-0.3, -0.25) is 9.59 Å². The predicted octanol–water partition coefficient (Wildman–Crippen LogP) is 1.87. The van der Waals surface area contributed by atoms with Crippen molar-refractivity contribution in [3.63, 3.8) is 0 Å². The van der Waals surface area contributed by atoms with Gasteiger partial charge >= 0.3 is 0 Å². The van der Waals surface area contributed by atoms with E-state index in [1.54, 1.807) is 18.2 Å². The Kier molecular flexibility index (Phi) is 4.94. The molecule has 24 heavy (non-hydrogen) atoms. The first kappa shape index (κ1) is 16.6. The second-order valence-electron chi connectivity index (χ2n) is 6.69. The number of nitrogens with zero attached hydrogens (tertiary/aromatic N) is 3. The van der Waals surface area contributed by atoms with Crippen LogP contribution >= 0.6 is 0 Å². The monoisotopic (exact) mass is 328 g/mol. The fourth-order valence-corrected chi connectivity index (χ4v) is 3.39. The van der Waals surface area contributed by atoms with Gasteiger partial charge in [0.15, 0.2) is 5.69 Å². The van der Waals surface area contributed by atoms with Crippen LogP contribution in [0.25, 0.3) is 10.8 Å². The van der Waals surface area contributed by atoms with Gasteiger partial charge in [0.1, 0.15) is 0 Å². The summed E-state index contributed by atoms with van der Waals surface area (Å²) in [6, 6.07) is 7.42. The van der Waals surface area contributed by atoms with Crippen LogP contribution in [0.2, 0.25) is 0 Å². The molecule has 1 saturated carbocycles. The number of carbonyl (C=O) groups is 1. The van der Waals surface area contributed by atoms with Crippen molar-refractivity contribution in [2.75, 3.05) is 27.2 Å². The molecule has 0 bridgehead atoms. The summed E-state index contributed by atoms with van der Waals surface area (Å²) in [6.07, 6.45) is 4.41. The van der Waals surface area contributed by atoms with Gasteiger partial charge in [-0.2, -0.15) is 5.10 Å². The Labute approximate surface area is 141 Å². The zero-order chi connectivity index (χ0) is 17.1. The highest BCUT2D eigenvalue weighted by Crippen LogP contribution is 2.25. The van der Waals surface area contributed by atoms with Crippen molar-refractivity contribution in [1.29, 1.82) is 0 Å². The van der Waals surface area contributed by atoms with E-state index < -0.39 is 0 Å². The second-order valence-corrected chi connectivity index (χ2v) is 6.69. The number of benzene rings is 1. The first-order chi connectivity index (χ1) is 11.6. The number of carbonyl (C=O) groups excluding carboxylic acids is 1. The van der Waals surface area contributed by atoms with E-state index in [0.717, 1.165) is 32.2 Å². The number of H-pyrrole nitrogens is 1. The molecule has 1 aliphatic rings. The fourth-order valence-electron chi connectivity index (χ4n) is 3.39. The lowest BCUT2D eigenvalue weighted by Crippen LogP contribution is -2.43. The number of aromatic nitrogens is 2. The van der Waals surface area contributed by atoms with Gasteiger partial charge in [0.25, 0.3) is 11.5 Å². The van der Waals surface area contributed by atoms with Crippen molar-refractivity contribution < 1.29 is 4.79 Å². The largest absolute Gasteiger partial charge is 0.333 e. The Balaban J connectivity index is 1.97. The maximum Gasteiger partial charge on any atom is 0.275 e. The molecule has 128 valence electrons. The summed E-state index contributed by atoms with van der Waals surface area (Å²) in [4.78, 5) is 29.2. The third kappa shape index (κ3) is 3.33. The van der Waals surface area contributed by atoms with E-state index in [9.17, 15) is 9.59 Å². The van der Waals surface area contributed by atoms with E-state index in [4.69, 9.17) is 0 Å². The molecule has 1 aromatic carbocycles. The molecule has 2 aromatic rings. The Morgan fingerprint density at radius 3 is 2.50 bits per heavy atom. The smallest absolute Gasteiger partial charge is 0.275 e. The van der Waals surface area contributed by atoms with Crippen molar-refractivity contribution in [2.24, 2.45) is 0 Å². The lowest BCUT2D eigenvalue weighted by Gasteiger charge is -2.30. The highest BCUT2D eigenvalue weighted by atomic mass is 16.2. The average molecular weight is 328 g/mol. The van der Waals surface area contributed by atoms with E-state index >= 15 is 0 Å². The van der Waals surface area contributed by atoms with E-state index in [1.807, 2.05) is 25.1 Å². The molecule has 0 unspecified atom stereocenters. The van der Waals surface area contributed by atoms with Crippen LogP contribution in [0.5, 0.6) is 0 Å². The van der Waals surface area contributed by atoms with Crippen LogP contribution in [0.3, 0.4) is 0 Å². The maximum atomic E-state index is 13.2.